The average Bonchev–Trinajstić information content (AvgIpc) is 2.17. The quantitative estimate of drug-likeness (QED) is 0.574. The second-order valence-corrected chi connectivity index (χ2v) is 3.87. The van der Waals surface area contributed by atoms with Gasteiger partial charge in [-0.05, 0) is 19.3 Å². The summed E-state index contributed by atoms with van der Waals surface area (Å²) in [6.07, 6.45) is 10.4. The maximum Gasteiger partial charge on any atom is 0.330 e. The fourth-order valence-electron chi connectivity index (χ4n) is 1.15. The van der Waals surface area contributed by atoms with E-state index in [2.05, 4.69) is 28.1 Å². The molecule has 1 unspecified atom stereocenters. The van der Waals surface area contributed by atoms with Gasteiger partial charge in [-0.2, -0.15) is 0 Å². The van der Waals surface area contributed by atoms with Gasteiger partial charge in [-0.25, -0.2) is 4.79 Å². The first-order chi connectivity index (χ1) is 6.72. The van der Waals surface area contributed by atoms with Crippen LogP contribution in [0.4, 0.5) is 0 Å². The molecule has 1 aliphatic carbocycles. The third kappa shape index (κ3) is 3.92. The molecule has 0 aliphatic heterocycles. The van der Waals surface area contributed by atoms with Crippen molar-refractivity contribution in [3.63, 3.8) is 0 Å². The lowest BCUT2D eigenvalue weighted by Crippen LogP contribution is -2.01. The Morgan fingerprint density at radius 1 is 1.79 bits per heavy atom. The van der Waals surface area contributed by atoms with E-state index in [0.29, 0.717) is 12.5 Å². The van der Waals surface area contributed by atoms with E-state index in [9.17, 15) is 4.79 Å². The van der Waals surface area contributed by atoms with Gasteiger partial charge in [0.2, 0.25) is 0 Å². The van der Waals surface area contributed by atoms with Gasteiger partial charge in [0.15, 0.2) is 0 Å². The van der Waals surface area contributed by atoms with E-state index >= 15 is 0 Å². The minimum atomic E-state index is -0.269. The zero-order valence-corrected chi connectivity index (χ0v) is 9.66. The number of esters is 1. The van der Waals surface area contributed by atoms with Crippen molar-refractivity contribution in [2.45, 2.75) is 13.3 Å². The van der Waals surface area contributed by atoms with Crippen molar-refractivity contribution >= 4 is 21.9 Å². The van der Waals surface area contributed by atoms with Crippen molar-refractivity contribution in [1.29, 1.82) is 0 Å². The molecule has 0 aromatic rings. The van der Waals surface area contributed by atoms with Crippen LogP contribution < -0.4 is 0 Å². The Hall–Kier alpha value is -0.830. The largest absolute Gasteiger partial charge is 0.463 e. The van der Waals surface area contributed by atoms with Gasteiger partial charge in [0.05, 0.1) is 6.61 Å². The number of hydrogen-bond acceptors (Lipinski definition) is 2. The zero-order chi connectivity index (χ0) is 10.4. The molecule has 0 N–H and O–H groups in total. The second-order valence-electron chi connectivity index (χ2n) is 2.96. The third-order valence-corrected chi connectivity index (χ3v) is 2.44. The van der Waals surface area contributed by atoms with Gasteiger partial charge >= 0.3 is 5.97 Å². The maximum absolute atomic E-state index is 11.0. The molecular formula is C11H13BrO2. The maximum atomic E-state index is 11.0. The van der Waals surface area contributed by atoms with Crippen LogP contribution in [0.5, 0.6) is 0 Å². The van der Waals surface area contributed by atoms with Gasteiger partial charge in [0.1, 0.15) is 0 Å². The van der Waals surface area contributed by atoms with Crippen LogP contribution in [0.15, 0.2) is 34.9 Å². The molecule has 0 aromatic carbocycles. The molecule has 3 heteroatoms. The Balaban J connectivity index is 2.39. The van der Waals surface area contributed by atoms with E-state index < -0.39 is 0 Å². The first-order valence-corrected chi connectivity index (χ1v) is 5.40. The lowest BCUT2D eigenvalue weighted by atomic mass is 10.0. The van der Waals surface area contributed by atoms with E-state index in [0.717, 1.165) is 10.9 Å². The SMILES string of the molecule is CCOC(=O)/C=C/C1C=CC(Br)=CC1. The van der Waals surface area contributed by atoms with Crippen LogP contribution in [0, 0.1) is 5.92 Å². The first-order valence-electron chi connectivity index (χ1n) is 4.61. The standard InChI is InChI=1S/C11H13BrO2/c1-2-14-11(13)8-5-9-3-6-10(12)7-4-9/h3,5-9H,2,4H2,1H3/b8-5+. The monoisotopic (exact) mass is 256 g/mol. The average molecular weight is 257 g/mol. The number of rotatable bonds is 3. The number of carbonyl (C=O) groups excluding carboxylic acids is 1. The van der Waals surface area contributed by atoms with Gasteiger partial charge in [0, 0.05) is 10.6 Å². The number of carbonyl (C=O) groups is 1. The summed E-state index contributed by atoms with van der Waals surface area (Å²) >= 11 is 3.38. The summed E-state index contributed by atoms with van der Waals surface area (Å²) in [5.74, 6) is 0.0372. The molecule has 0 bridgehead atoms. The Bertz CT molecular complexity index is 290. The Morgan fingerprint density at radius 2 is 2.57 bits per heavy atom. The molecule has 0 fully saturated rings. The molecular weight excluding hydrogens is 244 g/mol. The van der Waals surface area contributed by atoms with Crippen LogP contribution in [-0.2, 0) is 9.53 Å². The summed E-state index contributed by atoms with van der Waals surface area (Å²) in [7, 11) is 0. The number of halogens is 1. The van der Waals surface area contributed by atoms with Crippen LogP contribution in [-0.4, -0.2) is 12.6 Å². The molecule has 0 heterocycles. The van der Waals surface area contributed by atoms with Crippen molar-refractivity contribution in [2.75, 3.05) is 6.61 Å². The topological polar surface area (TPSA) is 26.3 Å². The van der Waals surface area contributed by atoms with E-state index in [4.69, 9.17) is 4.74 Å². The van der Waals surface area contributed by atoms with Crippen LogP contribution in [0.2, 0.25) is 0 Å². The normalized spacial score (nSPS) is 21.0. The molecule has 1 atom stereocenters. The number of ether oxygens (including phenoxy) is 1. The highest BCUT2D eigenvalue weighted by atomic mass is 79.9. The van der Waals surface area contributed by atoms with Crippen molar-refractivity contribution < 1.29 is 9.53 Å². The van der Waals surface area contributed by atoms with Crippen molar-refractivity contribution in [3.05, 3.63) is 34.9 Å². The Kier molecular flexibility index (Phi) is 4.66. The molecule has 2 nitrogen and oxygen atoms in total. The summed E-state index contributed by atoms with van der Waals surface area (Å²) in [6, 6.07) is 0. The van der Waals surface area contributed by atoms with E-state index in [1.165, 1.54) is 6.08 Å². The number of allylic oxidation sites excluding steroid dienone is 5. The molecule has 0 spiro atoms. The third-order valence-electron chi connectivity index (χ3n) is 1.85. The molecule has 1 aliphatic rings. The van der Waals surface area contributed by atoms with E-state index in [1.807, 2.05) is 12.2 Å². The molecule has 0 amide bonds. The summed E-state index contributed by atoms with van der Waals surface area (Å²) < 4.78 is 5.88. The summed E-state index contributed by atoms with van der Waals surface area (Å²) in [4.78, 5) is 11.0. The minimum Gasteiger partial charge on any atom is -0.463 e. The van der Waals surface area contributed by atoms with Crippen LogP contribution in [0.25, 0.3) is 0 Å². The van der Waals surface area contributed by atoms with Crippen molar-refractivity contribution in [1.82, 2.24) is 0 Å². The fraction of sp³-hybridized carbons (Fsp3) is 0.364. The van der Waals surface area contributed by atoms with Crippen LogP contribution in [0.1, 0.15) is 13.3 Å². The van der Waals surface area contributed by atoms with Gasteiger partial charge in [-0.3, -0.25) is 0 Å². The van der Waals surface area contributed by atoms with Gasteiger partial charge < -0.3 is 4.74 Å². The Labute approximate surface area is 92.5 Å². The molecule has 0 aromatic heterocycles. The number of hydrogen-bond donors (Lipinski definition) is 0. The lowest BCUT2D eigenvalue weighted by molar-refractivity contribution is -0.137. The zero-order valence-electron chi connectivity index (χ0n) is 8.07. The Morgan fingerprint density at radius 3 is 3.14 bits per heavy atom. The van der Waals surface area contributed by atoms with Crippen molar-refractivity contribution in [2.24, 2.45) is 5.92 Å². The second kappa shape index (κ2) is 5.81. The van der Waals surface area contributed by atoms with E-state index in [-0.39, 0.29) is 5.97 Å². The molecule has 14 heavy (non-hydrogen) atoms. The smallest absolute Gasteiger partial charge is 0.330 e. The van der Waals surface area contributed by atoms with Gasteiger partial charge in [-0.1, -0.05) is 40.2 Å². The van der Waals surface area contributed by atoms with Gasteiger partial charge in [0.25, 0.3) is 0 Å². The highest BCUT2D eigenvalue weighted by Gasteiger charge is 2.04. The predicted molar refractivity (Wildman–Crippen MR) is 60.0 cm³/mol. The summed E-state index contributed by atoms with van der Waals surface area (Å²) in [5.41, 5.74) is 0. The van der Waals surface area contributed by atoms with E-state index in [1.54, 1.807) is 6.92 Å². The molecule has 1 rings (SSSR count). The fourth-order valence-corrected chi connectivity index (χ4v) is 1.49. The molecule has 0 saturated heterocycles. The molecule has 0 saturated carbocycles. The molecule has 0 radical (unpaired) electrons. The highest BCUT2D eigenvalue weighted by Crippen LogP contribution is 2.20. The highest BCUT2D eigenvalue weighted by molar-refractivity contribution is 9.11. The lowest BCUT2D eigenvalue weighted by Gasteiger charge is -2.08. The summed E-state index contributed by atoms with van der Waals surface area (Å²) in [5, 5.41) is 0. The first kappa shape index (κ1) is 11.2. The minimum absolute atomic E-state index is 0.269. The molecule has 76 valence electrons. The van der Waals surface area contributed by atoms with Crippen LogP contribution in [0.3, 0.4) is 0 Å². The summed E-state index contributed by atoms with van der Waals surface area (Å²) in [6.45, 7) is 2.22. The predicted octanol–water partition coefficient (Wildman–Crippen LogP) is 2.96. The van der Waals surface area contributed by atoms with Crippen molar-refractivity contribution in [3.8, 4) is 0 Å². The van der Waals surface area contributed by atoms with Crippen LogP contribution >= 0.6 is 15.9 Å². The van der Waals surface area contributed by atoms with Gasteiger partial charge in [-0.15, -0.1) is 0 Å².